The summed E-state index contributed by atoms with van der Waals surface area (Å²) in [5.41, 5.74) is 1.82. The molecule has 2 saturated carbocycles. The van der Waals surface area contributed by atoms with Gasteiger partial charge in [0.05, 0.1) is 5.71 Å². The first kappa shape index (κ1) is 10.5. The quantitative estimate of drug-likeness (QED) is 0.386. The van der Waals surface area contributed by atoms with Gasteiger partial charge < -0.3 is 4.84 Å². The molecule has 0 unspecified atom stereocenters. The standard InChI is InChI=1S/C13H19NO/c1-5-8-15-14-11-9-10-6-7-13(11,4)12(10,2)3/h1,10H,6-9H2,2-4H3/b14-11+/t10-,13+/m1/s1. The molecule has 2 aliphatic rings. The van der Waals surface area contributed by atoms with E-state index < -0.39 is 0 Å². The highest BCUT2D eigenvalue weighted by Gasteiger charge is 2.60. The summed E-state index contributed by atoms with van der Waals surface area (Å²) in [5, 5.41) is 4.24. The summed E-state index contributed by atoms with van der Waals surface area (Å²) in [7, 11) is 0. The summed E-state index contributed by atoms with van der Waals surface area (Å²) >= 11 is 0. The highest BCUT2D eigenvalue weighted by Crippen LogP contribution is 2.63. The van der Waals surface area contributed by atoms with E-state index in [9.17, 15) is 0 Å². The van der Waals surface area contributed by atoms with E-state index in [1.54, 1.807) is 0 Å². The SMILES string of the molecule is C#CCO/N=C1\C[C@H]2CC[C@]1(C)C2(C)C. The summed E-state index contributed by atoms with van der Waals surface area (Å²) in [5.74, 6) is 3.21. The third-order valence-electron chi connectivity index (χ3n) is 4.83. The van der Waals surface area contributed by atoms with Gasteiger partial charge in [0.25, 0.3) is 0 Å². The second-order valence-electron chi connectivity index (χ2n) is 5.51. The number of hydrogen-bond acceptors (Lipinski definition) is 2. The fourth-order valence-corrected chi connectivity index (χ4v) is 3.21. The van der Waals surface area contributed by atoms with Crippen LogP contribution in [0, 0.1) is 29.1 Å². The molecule has 2 heteroatoms. The van der Waals surface area contributed by atoms with Crippen LogP contribution in [-0.2, 0) is 4.84 Å². The van der Waals surface area contributed by atoms with Gasteiger partial charge in [0, 0.05) is 5.41 Å². The molecule has 0 aromatic rings. The largest absolute Gasteiger partial charge is 0.383 e. The first-order valence-electron chi connectivity index (χ1n) is 5.65. The zero-order chi connectivity index (χ0) is 11.1. The van der Waals surface area contributed by atoms with Crippen molar-refractivity contribution in [3.8, 4) is 12.3 Å². The average molecular weight is 205 g/mol. The minimum atomic E-state index is 0.228. The first-order chi connectivity index (χ1) is 7.02. The molecule has 2 rings (SSSR count). The Morgan fingerprint density at radius 3 is 2.73 bits per heavy atom. The Bertz CT molecular complexity index is 337. The van der Waals surface area contributed by atoms with Gasteiger partial charge in [-0.3, -0.25) is 0 Å². The second kappa shape index (κ2) is 3.27. The fraction of sp³-hybridized carbons (Fsp3) is 0.769. The van der Waals surface area contributed by atoms with Crippen molar-refractivity contribution in [2.24, 2.45) is 21.9 Å². The molecule has 0 aromatic heterocycles. The lowest BCUT2D eigenvalue weighted by Gasteiger charge is -2.34. The Hall–Kier alpha value is -0.970. The minimum absolute atomic E-state index is 0.228. The van der Waals surface area contributed by atoms with Crippen LogP contribution in [-0.4, -0.2) is 12.3 Å². The van der Waals surface area contributed by atoms with Gasteiger partial charge in [0.1, 0.15) is 0 Å². The molecular formula is C13H19NO. The fourth-order valence-electron chi connectivity index (χ4n) is 3.21. The Kier molecular flexibility index (Phi) is 2.30. The molecule has 0 aromatic carbocycles. The molecule has 0 saturated heterocycles. The van der Waals surface area contributed by atoms with E-state index >= 15 is 0 Å². The second-order valence-corrected chi connectivity index (χ2v) is 5.51. The smallest absolute Gasteiger partial charge is 0.177 e. The van der Waals surface area contributed by atoms with E-state index in [1.807, 2.05) is 0 Å². The third kappa shape index (κ3) is 1.29. The molecule has 2 nitrogen and oxygen atoms in total. The van der Waals surface area contributed by atoms with Gasteiger partial charge in [-0.15, -0.1) is 6.42 Å². The van der Waals surface area contributed by atoms with Crippen molar-refractivity contribution in [1.29, 1.82) is 0 Å². The Labute approximate surface area is 92.1 Å². The lowest BCUT2D eigenvalue weighted by Crippen LogP contribution is -2.32. The molecule has 82 valence electrons. The molecule has 0 radical (unpaired) electrons. The van der Waals surface area contributed by atoms with Gasteiger partial charge in [-0.1, -0.05) is 31.8 Å². The molecule has 0 N–H and O–H groups in total. The molecule has 2 fully saturated rings. The highest BCUT2D eigenvalue weighted by molar-refractivity contribution is 5.93. The summed E-state index contributed by atoms with van der Waals surface area (Å²) in [6.45, 7) is 7.31. The van der Waals surface area contributed by atoms with Crippen LogP contribution in [0.5, 0.6) is 0 Å². The van der Waals surface area contributed by atoms with Crippen molar-refractivity contribution in [2.45, 2.75) is 40.0 Å². The van der Waals surface area contributed by atoms with Crippen LogP contribution >= 0.6 is 0 Å². The Morgan fingerprint density at radius 1 is 1.53 bits per heavy atom. The maximum atomic E-state index is 5.13. The van der Waals surface area contributed by atoms with Crippen molar-refractivity contribution in [3.63, 3.8) is 0 Å². The van der Waals surface area contributed by atoms with Crippen LogP contribution in [0.4, 0.5) is 0 Å². The molecule has 15 heavy (non-hydrogen) atoms. The van der Waals surface area contributed by atoms with Crippen LogP contribution in [0.25, 0.3) is 0 Å². The number of nitrogens with zero attached hydrogens (tertiary/aromatic N) is 1. The number of hydrogen-bond donors (Lipinski definition) is 0. The number of fused-ring (bicyclic) bond motifs is 2. The van der Waals surface area contributed by atoms with Crippen LogP contribution in [0.3, 0.4) is 0 Å². The number of oxime groups is 1. The summed E-state index contributed by atoms with van der Waals surface area (Å²) < 4.78 is 0. The normalized spacial score (nSPS) is 39.3. The van der Waals surface area contributed by atoms with Gasteiger partial charge in [0.2, 0.25) is 0 Å². The number of rotatable bonds is 2. The van der Waals surface area contributed by atoms with E-state index in [4.69, 9.17) is 11.3 Å². The lowest BCUT2D eigenvalue weighted by molar-refractivity contribution is 0.164. The molecule has 0 aliphatic heterocycles. The molecule has 2 bridgehead atoms. The highest BCUT2D eigenvalue weighted by atomic mass is 16.6. The molecule has 2 atom stereocenters. The number of terminal acetylenes is 1. The van der Waals surface area contributed by atoms with Crippen molar-refractivity contribution in [1.82, 2.24) is 0 Å². The van der Waals surface area contributed by atoms with Gasteiger partial charge >= 0.3 is 0 Å². The van der Waals surface area contributed by atoms with Crippen LogP contribution in [0.15, 0.2) is 5.16 Å². The topological polar surface area (TPSA) is 21.6 Å². The van der Waals surface area contributed by atoms with Crippen LogP contribution < -0.4 is 0 Å². The van der Waals surface area contributed by atoms with Gasteiger partial charge in [-0.05, 0) is 30.6 Å². The van der Waals surface area contributed by atoms with Crippen molar-refractivity contribution < 1.29 is 4.84 Å². The molecular weight excluding hydrogens is 186 g/mol. The average Bonchev–Trinajstić information content (AvgIpc) is 2.51. The van der Waals surface area contributed by atoms with Crippen LogP contribution in [0.1, 0.15) is 40.0 Å². The summed E-state index contributed by atoms with van der Waals surface area (Å²) in [6.07, 6.45) is 8.79. The van der Waals surface area contributed by atoms with E-state index in [1.165, 1.54) is 18.6 Å². The van der Waals surface area contributed by atoms with E-state index in [2.05, 4.69) is 31.8 Å². The van der Waals surface area contributed by atoms with Crippen molar-refractivity contribution >= 4 is 5.71 Å². The molecule has 2 aliphatic carbocycles. The Balaban J connectivity index is 2.19. The van der Waals surface area contributed by atoms with Gasteiger partial charge in [0.15, 0.2) is 6.61 Å². The maximum absolute atomic E-state index is 5.13. The van der Waals surface area contributed by atoms with E-state index in [-0.39, 0.29) is 12.0 Å². The monoisotopic (exact) mass is 205 g/mol. The van der Waals surface area contributed by atoms with Gasteiger partial charge in [-0.25, -0.2) is 0 Å². The maximum Gasteiger partial charge on any atom is 0.177 e. The van der Waals surface area contributed by atoms with Crippen molar-refractivity contribution in [3.05, 3.63) is 0 Å². The summed E-state index contributed by atoms with van der Waals surface area (Å²) in [4.78, 5) is 5.13. The Morgan fingerprint density at radius 2 is 2.27 bits per heavy atom. The van der Waals surface area contributed by atoms with Crippen molar-refractivity contribution in [2.75, 3.05) is 6.61 Å². The molecule has 0 spiro atoms. The predicted molar refractivity (Wildman–Crippen MR) is 61.4 cm³/mol. The van der Waals surface area contributed by atoms with Crippen LogP contribution in [0.2, 0.25) is 0 Å². The lowest BCUT2D eigenvalue weighted by atomic mass is 9.70. The zero-order valence-corrected chi connectivity index (χ0v) is 9.84. The first-order valence-corrected chi connectivity index (χ1v) is 5.65. The zero-order valence-electron chi connectivity index (χ0n) is 9.84. The van der Waals surface area contributed by atoms with E-state index in [0.29, 0.717) is 5.41 Å². The summed E-state index contributed by atoms with van der Waals surface area (Å²) in [6, 6.07) is 0. The van der Waals surface area contributed by atoms with E-state index in [0.717, 1.165) is 12.3 Å². The van der Waals surface area contributed by atoms with Gasteiger partial charge in [-0.2, -0.15) is 0 Å². The molecule has 0 amide bonds. The minimum Gasteiger partial charge on any atom is -0.383 e. The third-order valence-corrected chi connectivity index (χ3v) is 4.83. The predicted octanol–water partition coefficient (Wildman–Crippen LogP) is 2.84. The molecule has 0 heterocycles.